The molecule has 84 valence electrons. The molecule has 1 aromatic heterocycles. The van der Waals surface area contributed by atoms with Gasteiger partial charge in [0.25, 0.3) is 0 Å². The van der Waals surface area contributed by atoms with Crippen molar-refractivity contribution in [2.24, 2.45) is 0 Å². The maximum absolute atomic E-state index is 13.3. The lowest BCUT2D eigenvalue weighted by molar-refractivity contribution is 0.451. The van der Waals surface area contributed by atoms with Crippen molar-refractivity contribution < 1.29 is 9.13 Å². The molecule has 0 unspecified atom stereocenters. The van der Waals surface area contributed by atoms with Crippen LogP contribution in [0.5, 0.6) is 11.6 Å². The highest BCUT2D eigenvalue weighted by Crippen LogP contribution is 2.27. The molecule has 0 saturated carbocycles. The first-order valence-electron chi connectivity index (χ1n) is 4.54. The number of benzene rings is 1. The van der Waals surface area contributed by atoms with E-state index in [1.165, 1.54) is 24.5 Å². The summed E-state index contributed by atoms with van der Waals surface area (Å²) in [6.45, 7) is 0. The second-order valence-corrected chi connectivity index (χ2v) is 4.16. The van der Waals surface area contributed by atoms with Crippen LogP contribution in [0.1, 0.15) is 5.56 Å². The van der Waals surface area contributed by atoms with Gasteiger partial charge in [-0.1, -0.05) is 6.07 Å². The summed E-state index contributed by atoms with van der Waals surface area (Å²) >= 11 is 1.99. The molecule has 0 bridgehead atoms. The van der Waals surface area contributed by atoms with E-state index in [0.29, 0.717) is 9.45 Å². The van der Waals surface area contributed by atoms with Crippen LogP contribution in [0.15, 0.2) is 30.7 Å². The maximum Gasteiger partial charge on any atom is 0.235 e. The van der Waals surface area contributed by atoms with E-state index in [2.05, 4.69) is 9.97 Å². The molecule has 17 heavy (non-hydrogen) atoms. The number of hydrogen-bond donors (Lipinski definition) is 0. The van der Waals surface area contributed by atoms with Gasteiger partial charge in [0, 0.05) is 6.20 Å². The highest BCUT2D eigenvalue weighted by atomic mass is 127. The van der Waals surface area contributed by atoms with E-state index < -0.39 is 5.82 Å². The summed E-state index contributed by atoms with van der Waals surface area (Å²) in [4.78, 5) is 7.71. The number of hydrogen-bond acceptors (Lipinski definition) is 4. The molecule has 0 aliphatic rings. The van der Waals surface area contributed by atoms with Crippen LogP contribution in [0.4, 0.5) is 4.39 Å². The van der Waals surface area contributed by atoms with Crippen LogP contribution in [-0.2, 0) is 0 Å². The van der Waals surface area contributed by atoms with Gasteiger partial charge in [-0.15, -0.1) is 0 Å². The molecule has 0 amide bonds. The first-order valence-corrected chi connectivity index (χ1v) is 5.62. The molecular formula is C11H5FIN3O. The lowest BCUT2D eigenvalue weighted by Gasteiger charge is -2.07. The predicted molar refractivity (Wildman–Crippen MR) is 65.9 cm³/mol. The number of aromatic nitrogens is 2. The Morgan fingerprint density at radius 2 is 2.24 bits per heavy atom. The second kappa shape index (κ2) is 5.05. The van der Waals surface area contributed by atoms with Crippen molar-refractivity contribution in [3.05, 3.63) is 45.7 Å². The standard InChI is InChI=1S/C11H5FIN3O/c12-8-2-1-3-10(7(8)4-14)17-11-9(13)5-15-6-16-11/h1-3,5-6H. The Balaban J connectivity index is 2.41. The van der Waals surface area contributed by atoms with Crippen LogP contribution >= 0.6 is 22.6 Å². The lowest BCUT2D eigenvalue weighted by atomic mass is 10.2. The predicted octanol–water partition coefficient (Wildman–Crippen LogP) is 2.88. The summed E-state index contributed by atoms with van der Waals surface area (Å²) in [5.74, 6) is -0.180. The average Bonchev–Trinajstić information content (AvgIpc) is 2.32. The molecular weight excluding hydrogens is 336 g/mol. The number of nitrogens with zero attached hydrogens (tertiary/aromatic N) is 3. The van der Waals surface area contributed by atoms with Gasteiger partial charge >= 0.3 is 0 Å². The van der Waals surface area contributed by atoms with Gasteiger partial charge in [0.05, 0.1) is 3.57 Å². The second-order valence-electron chi connectivity index (χ2n) is 3.00. The normalized spacial score (nSPS) is 9.71. The number of halogens is 2. The van der Waals surface area contributed by atoms with E-state index in [1.54, 1.807) is 12.3 Å². The molecule has 1 aromatic carbocycles. The zero-order chi connectivity index (χ0) is 12.3. The molecule has 0 atom stereocenters. The van der Waals surface area contributed by atoms with Crippen molar-refractivity contribution in [2.45, 2.75) is 0 Å². The van der Waals surface area contributed by atoms with Crippen molar-refractivity contribution in [3.63, 3.8) is 0 Å². The summed E-state index contributed by atoms with van der Waals surface area (Å²) in [5, 5.41) is 8.84. The Labute approximate surface area is 110 Å². The van der Waals surface area contributed by atoms with Crippen molar-refractivity contribution in [2.75, 3.05) is 0 Å². The van der Waals surface area contributed by atoms with E-state index in [-0.39, 0.29) is 11.3 Å². The molecule has 1 heterocycles. The van der Waals surface area contributed by atoms with E-state index in [0.717, 1.165) is 0 Å². The van der Waals surface area contributed by atoms with Gasteiger partial charge in [0.15, 0.2) is 0 Å². The van der Waals surface area contributed by atoms with E-state index >= 15 is 0 Å². The zero-order valence-corrected chi connectivity index (χ0v) is 10.6. The summed E-state index contributed by atoms with van der Waals surface area (Å²) in [7, 11) is 0. The monoisotopic (exact) mass is 341 g/mol. The SMILES string of the molecule is N#Cc1c(F)cccc1Oc1ncncc1I. The van der Waals surface area contributed by atoms with Crippen LogP contribution in [0.25, 0.3) is 0 Å². The maximum atomic E-state index is 13.3. The summed E-state index contributed by atoms with van der Waals surface area (Å²) in [5.41, 5.74) is -0.137. The van der Waals surface area contributed by atoms with Gasteiger partial charge in [-0.05, 0) is 34.7 Å². The van der Waals surface area contributed by atoms with Crippen molar-refractivity contribution in [1.29, 1.82) is 5.26 Å². The van der Waals surface area contributed by atoms with E-state index in [9.17, 15) is 4.39 Å². The number of ether oxygens (including phenoxy) is 1. The summed E-state index contributed by atoms with van der Waals surface area (Å²) in [6, 6.07) is 5.95. The topological polar surface area (TPSA) is 58.8 Å². The van der Waals surface area contributed by atoms with Gasteiger partial charge in [-0.3, -0.25) is 0 Å². The fourth-order valence-electron chi connectivity index (χ4n) is 1.18. The largest absolute Gasteiger partial charge is 0.436 e. The Morgan fingerprint density at radius 3 is 2.94 bits per heavy atom. The molecule has 4 nitrogen and oxygen atoms in total. The highest BCUT2D eigenvalue weighted by molar-refractivity contribution is 14.1. The summed E-state index contributed by atoms with van der Waals surface area (Å²) < 4.78 is 19.4. The van der Waals surface area contributed by atoms with Crippen LogP contribution in [-0.4, -0.2) is 9.97 Å². The zero-order valence-electron chi connectivity index (χ0n) is 8.39. The number of nitriles is 1. The number of rotatable bonds is 2. The van der Waals surface area contributed by atoms with Crippen LogP contribution in [0.3, 0.4) is 0 Å². The van der Waals surface area contributed by atoms with Gasteiger partial charge in [-0.25, -0.2) is 14.4 Å². The quantitative estimate of drug-likeness (QED) is 0.789. The van der Waals surface area contributed by atoms with Gasteiger partial charge in [0.1, 0.15) is 29.5 Å². The van der Waals surface area contributed by atoms with Gasteiger partial charge in [0.2, 0.25) is 5.88 Å². The molecule has 0 N–H and O–H groups in total. The third-order valence-electron chi connectivity index (χ3n) is 1.93. The average molecular weight is 341 g/mol. The molecule has 0 spiro atoms. The van der Waals surface area contributed by atoms with Crippen LogP contribution < -0.4 is 4.74 Å². The molecule has 6 heteroatoms. The van der Waals surface area contributed by atoms with Crippen LogP contribution in [0.2, 0.25) is 0 Å². The molecule has 0 aliphatic carbocycles. The van der Waals surface area contributed by atoms with Crippen LogP contribution in [0, 0.1) is 20.7 Å². The lowest BCUT2D eigenvalue weighted by Crippen LogP contribution is -1.95. The smallest absolute Gasteiger partial charge is 0.235 e. The fourth-order valence-corrected chi connectivity index (χ4v) is 1.59. The van der Waals surface area contributed by atoms with Gasteiger partial charge in [-0.2, -0.15) is 5.26 Å². The molecule has 0 radical (unpaired) electrons. The molecule has 0 saturated heterocycles. The van der Waals surface area contributed by atoms with Gasteiger partial charge < -0.3 is 4.74 Å². The Kier molecular flexibility index (Phi) is 3.49. The Morgan fingerprint density at radius 1 is 1.41 bits per heavy atom. The minimum Gasteiger partial charge on any atom is -0.436 e. The summed E-state index contributed by atoms with van der Waals surface area (Å²) in [6.07, 6.45) is 2.89. The van der Waals surface area contributed by atoms with Crippen molar-refractivity contribution >= 4 is 22.6 Å². The van der Waals surface area contributed by atoms with E-state index in [1.807, 2.05) is 22.6 Å². The highest BCUT2D eigenvalue weighted by Gasteiger charge is 2.11. The third kappa shape index (κ3) is 2.50. The minimum atomic E-state index is -0.617. The third-order valence-corrected chi connectivity index (χ3v) is 2.67. The fraction of sp³-hybridized carbons (Fsp3) is 0. The van der Waals surface area contributed by atoms with E-state index in [4.69, 9.17) is 10.00 Å². The minimum absolute atomic E-state index is 0.137. The molecule has 0 fully saturated rings. The van der Waals surface area contributed by atoms with Crippen molar-refractivity contribution in [1.82, 2.24) is 9.97 Å². The first-order chi connectivity index (χ1) is 8.22. The Bertz CT molecular complexity index is 598. The molecule has 2 rings (SSSR count). The first kappa shape index (κ1) is 11.7. The molecule has 2 aromatic rings. The molecule has 0 aliphatic heterocycles. The Hall–Kier alpha value is -1.75. The van der Waals surface area contributed by atoms with Crippen molar-refractivity contribution in [3.8, 4) is 17.7 Å².